The largest absolute Gasteiger partial charge is 0.262 e. The summed E-state index contributed by atoms with van der Waals surface area (Å²) in [7, 11) is 0. The molecule has 2 heterocycles. The van der Waals surface area contributed by atoms with Crippen LogP contribution in [0.25, 0.3) is 10.9 Å². The Morgan fingerprint density at radius 1 is 1.10 bits per heavy atom. The van der Waals surface area contributed by atoms with Crippen molar-refractivity contribution >= 4 is 10.9 Å². The van der Waals surface area contributed by atoms with Crippen molar-refractivity contribution < 1.29 is 0 Å². The second-order valence-corrected chi connectivity index (χ2v) is 2.07. The lowest BCUT2D eigenvalue weighted by Gasteiger charge is -1.90. The highest BCUT2D eigenvalue weighted by atomic mass is 14.8. The normalized spacial score (nSPS) is 10.0. The standard InChI is InChI=1S/C8H6N2/c1-2-7-3-5-9-6-8(7)10-4-1/h1-6H/i4+1. The van der Waals surface area contributed by atoms with Crippen LogP contribution in [0.15, 0.2) is 36.8 Å². The third kappa shape index (κ3) is 0.739. The predicted molar refractivity (Wildman–Crippen MR) is 39.5 cm³/mol. The van der Waals surface area contributed by atoms with E-state index in [1.54, 1.807) is 18.6 Å². The second-order valence-electron chi connectivity index (χ2n) is 2.07. The molecule has 0 bridgehead atoms. The van der Waals surface area contributed by atoms with Gasteiger partial charge in [0.25, 0.3) is 0 Å². The van der Waals surface area contributed by atoms with Crippen LogP contribution in [-0.2, 0) is 0 Å². The molecule has 0 saturated heterocycles. The molecular formula is C8H6N2. The maximum atomic E-state index is 4.12. The van der Waals surface area contributed by atoms with Crippen molar-refractivity contribution in [1.29, 1.82) is 0 Å². The summed E-state index contributed by atoms with van der Waals surface area (Å²) >= 11 is 0. The number of pyridine rings is 2. The van der Waals surface area contributed by atoms with Crippen LogP contribution in [0.1, 0.15) is 0 Å². The number of nitrogens with zero attached hydrogens (tertiary/aromatic N) is 2. The van der Waals surface area contributed by atoms with Gasteiger partial charge in [0.1, 0.15) is 0 Å². The lowest BCUT2D eigenvalue weighted by atomic mass is 10.3. The van der Waals surface area contributed by atoms with Crippen LogP contribution in [0.2, 0.25) is 0 Å². The lowest BCUT2D eigenvalue weighted by Crippen LogP contribution is -1.76. The molecule has 0 aliphatic heterocycles. The minimum atomic E-state index is 0.949. The molecule has 0 fully saturated rings. The van der Waals surface area contributed by atoms with Crippen LogP contribution in [0.3, 0.4) is 0 Å². The van der Waals surface area contributed by atoms with Crippen molar-refractivity contribution in [2.24, 2.45) is 0 Å². The maximum Gasteiger partial charge on any atom is 0.0885 e. The van der Waals surface area contributed by atoms with Gasteiger partial charge in [0.2, 0.25) is 0 Å². The van der Waals surface area contributed by atoms with E-state index in [9.17, 15) is 0 Å². The topological polar surface area (TPSA) is 25.8 Å². The first kappa shape index (κ1) is 5.35. The van der Waals surface area contributed by atoms with Crippen molar-refractivity contribution in [2.75, 3.05) is 0 Å². The average Bonchev–Trinajstić information content (AvgIpc) is 2.05. The maximum absolute atomic E-state index is 4.12. The molecule has 2 rings (SSSR count). The Balaban J connectivity index is 2.89. The van der Waals surface area contributed by atoms with E-state index in [-0.39, 0.29) is 0 Å². The highest BCUT2D eigenvalue weighted by Gasteiger charge is 1.87. The first-order valence-electron chi connectivity index (χ1n) is 3.11. The Kier molecular flexibility index (Phi) is 1.10. The number of fused-ring (bicyclic) bond motifs is 1. The van der Waals surface area contributed by atoms with E-state index in [2.05, 4.69) is 9.97 Å². The van der Waals surface area contributed by atoms with Crippen molar-refractivity contribution in [3.05, 3.63) is 36.8 Å². The van der Waals surface area contributed by atoms with Crippen LogP contribution in [0.4, 0.5) is 0 Å². The van der Waals surface area contributed by atoms with Crippen LogP contribution < -0.4 is 0 Å². The number of aromatic nitrogens is 2. The Morgan fingerprint density at radius 2 is 2.10 bits per heavy atom. The fraction of sp³-hybridized carbons (Fsp3) is 0. The molecule has 0 saturated carbocycles. The summed E-state index contributed by atoms with van der Waals surface area (Å²) in [5, 5.41) is 1.14. The third-order valence-electron chi connectivity index (χ3n) is 1.41. The van der Waals surface area contributed by atoms with E-state index in [0.717, 1.165) is 10.9 Å². The van der Waals surface area contributed by atoms with Gasteiger partial charge in [-0.15, -0.1) is 0 Å². The van der Waals surface area contributed by atoms with Gasteiger partial charge in [-0.2, -0.15) is 0 Å². The molecule has 48 valence electrons. The van der Waals surface area contributed by atoms with Crippen molar-refractivity contribution in [2.45, 2.75) is 0 Å². The highest BCUT2D eigenvalue weighted by Crippen LogP contribution is 2.05. The zero-order valence-electron chi connectivity index (χ0n) is 5.36. The van der Waals surface area contributed by atoms with Gasteiger partial charge in [-0.05, 0) is 12.1 Å². The quantitative estimate of drug-likeness (QED) is 0.543. The monoisotopic (exact) mass is 131 g/mol. The van der Waals surface area contributed by atoms with E-state index < -0.39 is 0 Å². The molecule has 10 heavy (non-hydrogen) atoms. The van der Waals surface area contributed by atoms with E-state index in [1.165, 1.54) is 0 Å². The molecule has 0 spiro atoms. The highest BCUT2D eigenvalue weighted by molar-refractivity contribution is 5.76. The van der Waals surface area contributed by atoms with Crippen molar-refractivity contribution in [3.8, 4) is 0 Å². The van der Waals surface area contributed by atoms with Gasteiger partial charge < -0.3 is 0 Å². The van der Waals surface area contributed by atoms with E-state index in [4.69, 9.17) is 0 Å². The number of rotatable bonds is 0. The van der Waals surface area contributed by atoms with Gasteiger partial charge in [0, 0.05) is 17.8 Å². The van der Waals surface area contributed by atoms with E-state index in [1.807, 2.05) is 18.2 Å². The lowest BCUT2D eigenvalue weighted by molar-refractivity contribution is 1.31. The number of hydrogen-bond donors (Lipinski definition) is 0. The Labute approximate surface area is 58.6 Å². The Morgan fingerprint density at radius 3 is 3.00 bits per heavy atom. The molecule has 0 aliphatic rings. The fourth-order valence-electron chi connectivity index (χ4n) is 0.916. The molecule has 2 nitrogen and oxygen atoms in total. The molecule has 0 amide bonds. The molecule has 0 N–H and O–H groups in total. The molecule has 0 aromatic carbocycles. The van der Waals surface area contributed by atoms with Gasteiger partial charge in [-0.25, -0.2) is 0 Å². The SMILES string of the molecule is c1cc2ccncc2n[13cH]1. The summed E-state index contributed by atoms with van der Waals surface area (Å²) in [6, 6.07) is 5.88. The molecule has 0 unspecified atom stereocenters. The van der Waals surface area contributed by atoms with Gasteiger partial charge in [0.05, 0.1) is 11.7 Å². The average molecular weight is 131 g/mol. The summed E-state index contributed by atoms with van der Waals surface area (Å²) in [6.45, 7) is 0. The first-order valence-corrected chi connectivity index (χ1v) is 3.11. The Hall–Kier alpha value is -1.44. The van der Waals surface area contributed by atoms with E-state index >= 15 is 0 Å². The van der Waals surface area contributed by atoms with Crippen molar-refractivity contribution in [3.63, 3.8) is 0 Å². The number of hydrogen-bond acceptors (Lipinski definition) is 2. The Bertz CT molecular complexity index is 278. The van der Waals surface area contributed by atoms with E-state index in [0.29, 0.717) is 0 Å². The fourth-order valence-corrected chi connectivity index (χ4v) is 0.916. The van der Waals surface area contributed by atoms with Gasteiger partial charge in [0.15, 0.2) is 0 Å². The molecule has 2 heteroatoms. The van der Waals surface area contributed by atoms with Crippen LogP contribution >= 0.6 is 0 Å². The predicted octanol–water partition coefficient (Wildman–Crippen LogP) is 1.63. The van der Waals surface area contributed by atoms with Gasteiger partial charge >= 0.3 is 0 Å². The van der Waals surface area contributed by atoms with Gasteiger partial charge in [-0.3, -0.25) is 9.97 Å². The minimum absolute atomic E-state index is 0.949. The second kappa shape index (κ2) is 2.06. The summed E-state index contributed by atoms with van der Waals surface area (Å²) in [6.07, 6.45) is 5.30. The van der Waals surface area contributed by atoms with Crippen LogP contribution in [0.5, 0.6) is 0 Å². The molecule has 0 aliphatic carbocycles. The minimum Gasteiger partial charge on any atom is -0.262 e. The molecule has 2 aromatic heterocycles. The zero-order valence-corrected chi connectivity index (χ0v) is 5.36. The summed E-state index contributed by atoms with van der Waals surface area (Å²) < 4.78 is 0. The summed E-state index contributed by atoms with van der Waals surface area (Å²) in [5.41, 5.74) is 0.949. The molecule has 0 radical (unpaired) electrons. The van der Waals surface area contributed by atoms with Crippen molar-refractivity contribution in [1.82, 2.24) is 9.97 Å². The molecule has 2 aromatic rings. The first-order chi connectivity index (χ1) is 4.97. The summed E-state index contributed by atoms with van der Waals surface area (Å²) in [5.74, 6) is 0. The third-order valence-corrected chi connectivity index (χ3v) is 1.41. The van der Waals surface area contributed by atoms with Crippen LogP contribution in [0, 0.1) is 0 Å². The summed E-state index contributed by atoms with van der Waals surface area (Å²) in [4.78, 5) is 8.07. The molecule has 0 atom stereocenters. The smallest absolute Gasteiger partial charge is 0.0885 e. The van der Waals surface area contributed by atoms with Crippen LogP contribution in [-0.4, -0.2) is 9.97 Å². The van der Waals surface area contributed by atoms with Gasteiger partial charge in [-0.1, -0.05) is 6.07 Å². The molecular weight excluding hydrogens is 125 g/mol. The zero-order chi connectivity index (χ0) is 6.81.